The van der Waals surface area contributed by atoms with Gasteiger partial charge in [0.25, 0.3) is 0 Å². The highest BCUT2D eigenvalue weighted by Gasteiger charge is 2.20. The SMILES string of the molecule is CCCOc1ccc(C(=O)CCNC2CC2)cc1. The van der Waals surface area contributed by atoms with Gasteiger partial charge in [0.1, 0.15) is 5.75 Å². The lowest BCUT2D eigenvalue weighted by Crippen LogP contribution is -2.20. The average Bonchev–Trinajstić information content (AvgIpc) is 3.21. The topological polar surface area (TPSA) is 38.3 Å². The predicted octanol–water partition coefficient (Wildman–Crippen LogP) is 2.80. The van der Waals surface area contributed by atoms with Gasteiger partial charge in [0.05, 0.1) is 6.61 Å². The van der Waals surface area contributed by atoms with Crippen molar-refractivity contribution in [3.8, 4) is 5.75 Å². The fraction of sp³-hybridized carbons (Fsp3) is 0.533. The number of ketones is 1. The van der Waals surface area contributed by atoms with Crippen molar-refractivity contribution >= 4 is 5.78 Å². The van der Waals surface area contributed by atoms with Gasteiger partial charge in [0.15, 0.2) is 5.78 Å². The summed E-state index contributed by atoms with van der Waals surface area (Å²) in [7, 11) is 0. The summed E-state index contributed by atoms with van der Waals surface area (Å²) in [4.78, 5) is 11.9. The van der Waals surface area contributed by atoms with Crippen LogP contribution in [0.5, 0.6) is 5.75 Å². The summed E-state index contributed by atoms with van der Waals surface area (Å²) in [5, 5.41) is 3.35. The van der Waals surface area contributed by atoms with Gasteiger partial charge in [0, 0.05) is 24.6 Å². The molecular formula is C15H21NO2. The van der Waals surface area contributed by atoms with Crippen LogP contribution in [0.4, 0.5) is 0 Å². The Balaban J connectivity index is 1.77. The van der Waals surface area contributed by atoms with Gasteiger partial charge in [-0.05, 0) is 43.5 Å². The second-order valence-electron chi connectivity index (χ2n) is 4.77. The molecule has 18 heavy (non-hydrogen) atoms. The van der Waals surface area contributed by atoms with Crippen LogP contribution in [0.1, 0.15) is 43.0 Å². The van der Waals surface area contributed by atoms with Crippen molar-refractivity contribution in [3.63, 3.8) is 0 Å². The molecule has 1 fully saturated rings. The van der Waals surface area contributed by atoms with E-state index >= 15 is 0 Å². The number of carbonyl (C=O) groups is 1. The van der Waals surface area contributed by atoms with Crippen LogP contribution in [0.2, 0.25) is 0 Å². The van der Waals surface area contributed by atoms with E-state index in [4.69, 9.17) is 4.74 Å². The third-order valence-electron chi connectivity index (χ3n) is 3.01. The van der Waals surface area contributed by atoms with E-state index in [1.54, 1.807) is 0 Å². The van der Waals surface area contributed by atoms with Gasteiger partial charge in [-0.25, -0.2) is 0 Å². The number of benzene rings is 1. The molecule has 0 atom stereocenters. The van der Waals surface area contributed by atoms with Crippen molar-refractivity contribution in [2.75, 3.05) is 13.2 Å². The molecule has 0 aromatic heterocycles. The Kier molecular flexibility index (Phi) is 4.76. The quantitative estimate of drug-likeness (QED) is 0.718. The van der Waals surface area contributed by atoms with Gasteiger partial charge >= 0.3 is 0 Å². The van der Waals surface area contributed by atoms with E-state index in [-0.39, 0.29) is 5.78 Å². The first-order valence-corrected chi connectivity index (χ1v) is 6.79. The van der Waals surface area contributed by atoms with Crippen LogP contribution in [-0.4, -0.2) is 25.0 Å². The third kappa shape index (κ3) is 4.15. The maximum Gasteiger partial charge on any atom is 0.164 e. The predicted molar refractivity (Wildman–Crippen MR) is 72.2 cm³/mol. The molecule has 0 heterocycles. The maximum atomic E-state index is 11.9. The summed E-state index contributed by atoms with van der Waals surface area (Å²) in [6, 6.07) is 8.12. The van der Waals surface area contributed by atoms with Crippen LogP contribution in [0.25, 0.3) is 0 Å². The van der Waals surface area contributed by atoms with Crippen LogP contribution in [0.3, 0.4) is 0 Å². The third-order valence-corrected chi connectivity index (χ3v) is 3.01. The minimum Gasteiger partial charge on any atom is -0.494 e. The maximum absolute atomic E-state index is 11.9. The molecule has 3 heteroatoms. The molecule has 1 aliphatic carbocycles. The number of carbonyl (C=O) groups excluding carboxylic acids is 1. The minimum absolute atomic E-state index is 0.199. The Hall–Kier alpha value is -1.35. The van der Waals surface area contributed by atoms with Crippen LogP contribution >= 0.6 is 0 Å². The zero-order valence-corrected chi connectivity index (χ0v) is 10.9. The molecule has 0 spiro atoms. The Labute approximate surface area is 109 Å². The summed E-state index contributed by atoms with van der Waals surface area (Å²) in [6.45, 7) is 3.58. The second kappa shape index (κ2) is 6.55. The first kappa shape index (κ1) is 13.1. The van der Waals surface area contributed by atoms with Gasteiger partial charge in [0.2, 0.25) is 0 Å². The molecule has 1 aliphatic rings. The number of Topliss-reactive ketones (excluding diaryl/α,β-unsaturated/α-hetero) is 1. The molecule has 0 bridgehead atoms. The molecule has 0 amide bonds. The highest BCUT2D eigenvalue weighted by Crippen LogP contribution is 2.18. The highest BCUT2D eigenvalue weighted by atomic mass is 16.5. The first-order chi connectivity index (χ1) is 8.79. The van der Waals surface area contributed by atoms with Crippen LogP contribution < -0.4 is 10.1 Å². The smallest absolute Gasteiger partial charge is 0.164 e. The van der Waals surface area contributed by atoms with Crippen LogP contribution in [0, 0.1) is 0 Å². The molecule has 1 N–H and O–H groups in total. The number of nitrogens with one attached hydrogen (secondary N) is 1. The van der Waals surface area contributed by atoms with Crippen molar-refractivity contribution in [1.29, 1.82) is 0 Å². The van der Waals surface area contributed by atoms with E-state index < -0.39 is 0 Å². The largest absolute Gasteiger partial charge is 0.494 e. The normalized spacial score (nSPS) is 14.5. The molecule has 0 saturated heterocycles. The molecule has 98 valence electrons. The lowest BCUT2D eigenvalue weighted by atomic mass is 10.1. The van der Waals surface area contributed by atoms with Crippen molar-refractivity contribution in [3.05, 3.63) is 29.8 Å². The fourth-order valence-corrected chi connectivity index (χ4v) is 1.78. The van der Waals surface area contributed by atoms with Gasteiger partial charge in [-0.1, -0.05) is 6.92 Å². The number of ether oxygens (including phenoxy) is 1. The molecule has 1 aromatic rings. The molecule has 2 rings (SSSR count). The van der Waals surface area contributed by atoms with Crippen molar-refractivity contribution < 1.29 is 9.53 Å². The summed E-state index contributed by atoms with van der Waals surface area (Å²) in [5.74, 6) is 1.04. The number of rotatable bonds is 8. The van der Waals surface area contributed by atoms with Crippen LogP contribution in [0.15, 0.2) is 24.3 Å². The van der Waals surface area contributed by atoms with E-state index in [2.05, 4.69) is 12.2 Å². The van der Waals surface area contributed by atoms with E-state index in [1.807, 2.05) is 24.3 Å². The molecule has 0 radical (unpaired) electrons. The van der Waals surface area contributed by atoms with E-state index in [9.17, 15) is 4.79 Å². The standard InChI is InChI=1S/C15H21NO2/c1-2-11-18-14-7-3-12(4-8-14)15(17)9-10-16-13-5-6-13/h3-4,7-8,13,16H,2,5-6,9-11H2,1H3. The fourth-order valence-electron chi connectivity index (χ4n) is 1.78. The molecule has 0 aliphatic heterocycles. The Morgan fingerprint density at radius 2 is 2.06 bits per heavy atom. The zero-order valence-electron chi connectivity index (χ0n) is 10.9. The molecule has 1 saturated carbocycles. The molecule has 0 unspecified atom stereocenters. The van der Waals surface area contributed by atoms with Crippen molar-refractivity contribution in [1.82, 2.24) is 5.32 Å². The zero-order chi connectivity index (χ0) is 12.8. The van der Waals surface area contributed by atoms with E-state index in [0.29, 0.717) is 12.5 Å². The second-order valence-corrected chi connectivity index (χ2v) is 4.77. The van der Waals surface area contributed by atoms with Gasteiger partial charge in [-0.3, -0.25) is 4.79 Å². The van der Waals surface area contributed by atoms with Gasteiger partial charge in [-0.15, -0.1) is 0 Å². The highest BCUT2D eigenvalue weighted by molar-refractivity contribution is 5.96. The Morgan fingerprint density at radius 1 is 1.33 bits per heavy atom. The number of hydrogen-bond acceptors (Lipinski definition) is 3. The molecule has 3 nitrogen and oxygen atoms in total. The van der Waals surface area contributed by atoms with Crippen molar-refractivity contribution in [2.24, 2.45) is 0 Å². The lowest BCUT2D eigenvalue weighted by molar-refractivity contribution is 0.0982. The van der Waals surface area contributed by atoms with Gasteiger partial charge in [-0.2, -0.15) is 0 Å². The van der Waals surface area contributed by atoms with Crippen molar-refractivity contribution in [2.45, 2.75) is 38.6 Å². The van der Waals surface area contributed by atoms with Gasteiger partial charge < -0.3 is 10.1 Å². The first-order valence-electron chi connectivity index (χ1n) is 6.79. The Morgan fingerprint density at radius 3 is 2.67 bits per heavy atom. The van der Waals surface area contributed by atoms with Crippen LogP contribution in [-0.2, 0) is 0 Å². The number of hydrogen-bond donors (Lipinski definition) is 1. The molecule has 1 aromatic carbocycles. The Bertz CT molecular complexity index is 382. The summed E-state index contributed by atoms with van der Waals surface area (Å²) in [5.41, 5.74) is 0.774. The van der Waals surface area contributed by atoms with E-state index in [1.165, 1.54) is 12.8 Å². The molecular weight excluding hydrogens is 226 g/mol. The summed E-state index contributed by atoms with van der Waals surface area (Å²) >= 11 is 0. The minimum atomic E-state index is 0.199. The van der Waals surface area contributed by atoms with E-state index in [0.717, 1.165) is 30.9 Å². The lowest BCUT2D eigenvalue weighted by Gasteiger charge is -2.06. The summed E-state index contributed by atoms with van der Waals surface area (Å²) in [6.07, 6.45) is 4.09. The average molecular weight is 247 g/mol. The summed E-state index contributed by atoms with van der Waals surface area (Å²) < 4.78 is 5.49. The monoisotopic (exact) mass is 247 g/mol.